The van der Waals surface area contributed by atoms with Crippen molar-refractivity contribution >= 4 is 5.78 Å². The molecule has 0 rings (SSSR count). The summed E-state index contributed by atoms with van der Waals surface area (Å²) >= 11 is 0. The molecule has 0 aromatic carbocycles. The summed E-state index contributed by atoms with van der Waals surface area (Å²) in [4.78, 5) is 12.0. The molecule has 0 aromatic heterocycles. The summed E-state index contributed by atoms with van der Waals surface area (Å²) in [6.45, 7) is 4.08. The zero-order valence-electron chi connectivity index (χ0n) is 13.7. The Morgan fingerprint density at radius 2 is 1.05 bits per heavy atom. The van der Waals surface area contributed by atoms with Gasteiger partial charge in [0.15, 0.2) is 12.6 Å². The van der Waals surface area contributed by atoms with E-state index in [1.165, 1.54) is 0 Å². The van der Waals surface area contributed by atoms with Crippen molar-refractivity contribution in [2.45, 2.75) is 52.1 Å². The van der Waals surface area contributed by atoms with E-state index in [0.29, 0.717) is 12.8 Å². The van der Waals surface area contributed by atoms with E-state index in [0.717, 1.165) is 12.8 Å². The maximum absolute atomic E-state index is 12.0. The number of methoxy groups -OCH3 is 4. The van der Waals surface area contributed by atoms with Crippen molar-refractivity contribution in [1.29, 1.82) is 0 Å². The van der Waals surface area contributed by atoms with Crippen molar-refractivity contribution in [3.8, 4) is 0 Å². The molecule has 0 aromatic rings. The van der Waals surface area contributed by atoms with Gasteiger partial charge in [0, 0.05) is 54.1 Å². The predicted molar refractivity (Wildman–Crippen MR) is 77.4 cm³/mol. The number of rotatable bonds is 12. The summed E-state index contributed by atoms with van der Waals surface area (Å²) in [5.74, 6) is 0.766. The molecule has 2 atom stereocenters. The summed E-state index contributed by atoms with van der Waals surface area (Å²) in [6, 6.07) is 0. The van der Waals surface area contributed by atoms with Crippen LogP contribution in [0.5, 0.6) is 0 Å². The average Bonchev–Trinajstić information content (AvgIpc) is 2.41. The van der Waals surface area contributed by atoms with Crippen LogP contribution in [0.4, 0.5) is 0 Å². The summed E-state index contributed by atoms with van der Waals surface area (Å²) < 4.78 is 20.6. The lowest BCUT2D eigenvalue weighted by molar-refractivity contribution is -0.128. The second-order valence-electron chi connectivity index (χ2n) is 5.43. The number of Topliss-reactive ketones (excluding diaryl/α,β-unsaturated/α-hetero) is 1. The van der Waals surface area contributed by atoms with Crippen molar-refractivity contribution in [2.75, 3.05) is 28.4 Å². The summed E-state index contributed by atoms with van der Waals surface area (Å²) in [5.41, 5.74) is 0. The van der Waals surface area contributed by atoms with Gasteiger partial charge in [-0.3, -0.25) is 4.79 Å². The van der Waals surface area contributed by atoms with Crippen LogP contribution in [0.2, 0.25) is 0 Å². The molecule has 0 bridgehead atoms. The Bertz CT molecular complexity index is 225. The summed E-state index contributed by atoms with van der Waals surface area (Å²) in [5, 5.41) is 0. The fraction of sp³-hybridized carbons (Fsp3) is 0.933. The third-order valence-corrected chi connectivity index (χ3v) is 3.39. The van der Waals surface area contributed by atoms with Crippen LogP contribution in [-0.4, -0.2) is 46.8 Å². The van der Waals surface area contributed by atoms with Gasteiger partial charge in [0.1, 0.15) is 5.78 Å². The molecule has 0 saturated heterocycles. The zero-order chi connectivity index (χ0) is 15.5. The number of hydrogen-bond donors (Lipinski definition) is 0. The minimum absolute atomic E-state index is 0.235. The Labute approximate surface area is 122 Å². The van der Waals surface area contributed by atoms with E-state index in [2.05, 4.69) is 0 Å². The van der Waals surface area contributed by atoms with Gasteiger partial charge in [-0.25, -0.2) is 0 Å². The van der Waals surface area contributed by atoms with Gasteiger partial charge < -0.3 is 18.9 Å². The van der Waals surface area contributed by atoms with E-state index in [1.807, 2.05) is 13.8 Å². The van der Waals surface area contributed by atoms with Crippen LogP contribution < -0.4 is 0 Å². The van der Waals surface area contributed by atoms with E-state index in [4.69, 9.17) is 18.9 Å². The monoisotopic (exact) mass is 290 g/mol. The lowest BCUT2D eigenvalue weighted by Crippen LogP contribution is -2.21. The smallest absolute Gasteiger partial charge is 0.157 e. The van der Waals surface area contributed by atoms with Gasteiger partial charge in [-0.2, -0.15) is 0 Å². The second-order valence-corrected chi connectivity index (χ2v) is 5.43. The maximum atomic E-state index is 12.0. The molecule has 0 aliphatic heterocycles. The maximum Gasteiger partial charge on any atom is 0.157 e. The van der Waals surface area contributed by atoms with Crippen LogP contribution in [0, 0.1) is 11.8 Å². The molecule has 0 radical (unpaired) electrons. The van der Waals surface area contributed by atoms with E-state index in [9.17, 15) is 4.79 Å². The standard InChI is InChI=1S/C15H30O5/c1-11(9-14(17-3)18-4)7-13(16)8-12(2)10-15(19-5)20-6/h11-12,14-15H,7-10H2,1-6H3/t11-,12+. The van der Waals surface area contributed by atoms with Crippen LogP contribution in [0.3, 0.4) is 0 Å². The topological polar surface area (TPSA) is 54.0 Å². The summed E-state index contributed by atoms with van der Waals surface area (Å²) in [7, 11) is 6.45. The van der Waals surface area contributed by atoms with Crippen LogP contribution in [-0.2, 0) is 23.7 Å². The van der Waals surface area contributed by atoms with Crippen LogP contribution in [0.1, 0.15) is 39.5 Å². The van der Waals surface area contributed by atoms with Gasteiger partial charge in [0.25, 0.3) is 0 Å². The van der Waals surface area contributed by atoms with Crippen molar-refractivity contribution in [2.24, 2.45) is 11.8 Å². The van der Waals surface area contributed by atoms with Crippen molar-refractivity contribution in [3.05, 3.63) is 0 Å². The first-order valence-electron chi connectivity index (χ1n) is 7.09. The SMILES string of the molecule is COC(C[C@H](C)CC(=O)C[C@H](C)CC(OC)OC)OC. The van der Waals surface area contributed by atoms with Crippen molar-refractivity contribution < 1.29 is 23.7 Å². The molecule has 20 heavy (non-hydrogen) atoms. The van der Waals surface area contributed by atoms with Crippen LogP contribution in [0.15, 0.2) is 0 Å². The second kappa shape index (κ2) is 11.2. The number of ketones is 1. The quantitative estimate of drug-likeness (QED) is 0.517. The average molecular weight is 290 g/mol. The molecule has 5 nitrogen and oxygen atoms in total. The first-order chi connectivity index (χ1) is 9.46. The third-order valence-electron chi connectivity index (χ3n) is 3.39. The Kier molecular flexibility index (Phi) is 10.9. The largest absolute Gasteiger partial charge is 0.356 e. The number of ether oxygens (including phenoxy) is 4. The highest BCUT2D eigenvalue weighted by molar-refractivity contribution is 5.78. The molecule has 0 unspecified atom stereocenters. The van der Waals surface area contributed by atoms with Gasteiger partial charge in [-0.15, -0.1) is 0 Å². The highest BCUT2D eigenvalue weighted by Crippen LogP contribution is 2.19. The van der Waals surface area contributed by atoms with E-state index in [-0.39, 0.29) is 30.2 Å². The predicted octanol–water partition coefficient (Wildman–Crippen LogP) is 2.63. The zero-order valence-corrected chi connectivity index (χ0v) is 13.7. The van der Waals surface area contributed by atoms with Crippen molar-refractivity contribution in [3.63, 3.8) is 0 Å². The molecule has 0 spiro atoms. The van der Waals surface area contributed by atoms with E-state index < -0.39 is 0 Å². The van der Waals surface area contributed by atoms with E-state index >= 15 is 0 Å². The van der Waals surface area contributed by atoms with E-state index in [1.54, 1.807) is 28.4 Å². The van der Waals surface area contributed by atoms with Gasteiger partial charge in [0.05, 0.1) is 0 Å². The minimum atomic E-state index is -0.235. The molecule has 0 aliphatic carbocycles. The lowest BCUT2D eigenvalue weighted by atomic mass is 9.93. The third kappa shape index (κ3) is 8.64. The first-order valence-corrected chi connectivity index (χ1v) is 7.09. The molecule has 0 aliphatic rings. The van der Waals surface area contributed by atoms with Crippen LogP contribution in [0.25, 0.3) is 0 Å². The number of carbonyl (C=O) groups excluding carboxylic acids is 1. The summed E-state index contributed by atoms with van der Waals surface area (Å²) in [6.07, 6.45) is 2.09. The molecule has 5 heteroatoms. The fourth-order valence-electron chi connectivity index (χ4n) is 2.26. The Hall–Kier alpha value is -0.490. The molecule has 0 heterocycles. The van der Waals surface area contributed by atoms with Gasteiger partial charge in [0.2, 0.25) is 0 Å². The molecule has 0 N–H and O–H groups in total. The van der Waals surface area contributed by atoms with Crippen LogP contribution >= 0.6 is 0 Å². The molecular weight excluding hydrogens is 260 g/mol. The first kappa shape index (κ1) is 19.5. The van der Waals surface area contributed by atoms with Gasteiger partial charge in [-0.05, 0) is 11.8 Å². The highest BCUT2D eigenvalue weighted by Gasteiger charge is 2.18. The van der Waals surface area contributed by atoms with Gasteiger partial charge >= 0.3 is 0 Å². The number of hydrogen-bond acceptors (Lipinski definition) is 5. The fourth-order valence-corrected chi connectivity index (χ4v) is 2.26. The Morgan fingerprint density at radius 1 is 0.750 bits per heavy atom. The van der Waals surface area contributed by atoms with Crippen molar-refractivity contribution in [1.82, 2.24) is 0 Å². The Morgan fingerprint density at radius 3 is 1.30 bits per heavy atom. The highest BCUT2D eigenvalue weighted by atomic mass is 16.7. The number of carbonyl (C=O) groups is 1. The lowest BCUT2D eigenvalue weighted by Gasteiger charge is -2.20. The Balaban J connectivity index is 4.02. The minimum Gasteiger partial charge on any atom is -0.356 e. The molecular formula is C15H30O5. The van der Waals surface area contributed by atoms with Gasteiger partial charge in [-0.1, -0.05) is 13.8 Å². The molecule has 0 amide bonds. The molecule has 0 saturated carbocycles. The normalized spacial score (nSPS) is 14.8. The molecule has 120 valence electrons. The molecule has 0 fully saturated rings.